The molecule has 4 aromatic heterocycles. The van der Waals surface area contributed by atoms with Crippen molar-refractivity contribution in [2.75, 3.05) is 13.1 Å². The Morgan fingerprint density at radius 1 is 0.787 bits per heavy atom. The predicted molar refractivity (Wildman–Crippen MR) is 287 cm³/mol. The minimum absolute atomic E-state index is 0.00115. The summed E-state index contributed by atoms with van der Waals surface area (Å²) >= 11 is 4.53. The van der Waals surface area contributed by atoms with Crippen molar-refractivity contribution in [1.82, 2.24) is 51.5 Å². The zero-order valence-electron chi connectivity index (χ0n) is 41.6. The van der Waals surface area contributed by atoms with Gasteiger partial charge >= 0.3 is 0 Å². The van der Waals surface area contributed by atoms with Gasteiger partial charge in [-0.05, 0) is 85.0 Å². The number of nitrogens with zero attached hydrogens (tertiary/aromatic N) is 5. The molecule has 1 saturated carbocycles. The number of aryl methyl sites for hydroxylation is 1. The Balaban J connectivity index is 1.07. The monoisotopic (exact) mass is 1070 g/mol. The van der Waals surface area contributed by atoms with Gasteiger partial charge in [-0.25, -0.2) is 9.67 Å². The zero-order valence-corrected chi connectivity index (χ0v) is 44.0. The average molecular weight is 1080 g/mol. The minimum Gasteiger partial charge on any atom is -0.368 e. The van der Waals surface area contributed by atoms with Crippen molar-refractivity contribution in [3.8, 4) is 21.7 Å². The Labute approximate surface area is 446 Å². The van der Waals surface area contributed by atoms with Gasteiger partial charge in [0.2, 0.25) is 41.4 Å². The smallest absolute Gasteiger partial charge is 0.246 e. The fourth-order valence-electron chi connectivity index (χ4n) is 10.3. The van der Waals surface area contributed by atoms with Crippen LogP contribution in [0.5, 0.6) is 0 Å². The van der Waals surface area contributed by atoms with Crippen LogP contribution in [0.25, 0.3) is 31.8 Å². The molecule has 2 aromatic carbocycles. The summed E-state index contributed by atoms with van der Waals surface area (Å²) in [6.07, 6.45) is 6.20. The van der Waals surface area contributed by atoms with E-state index in [-0.39, 0.29) is 51.1 Å². The van der Waals surface area contributed by atoms with E-state index in [0.29, 0.717) is 37.1 Å². The lowest BCUT2D eigenvalue weighted by molar-refractivity contribution is -0.144. The first kappa shape index (κ1) is 53.0. The Morgan fingerprint density at radius 3 is 2.27 bits per heavy atom. The molecule has 7 atom stereocenters. The summed E-state index contributed by atoms with van der Waals surface area (Å²) < 4.78 is 2.64. The first-order valence-corrected chi connectivity index (χ1v) is 28.2. The molecular formula is C53H62N12O7S3. The molecule has 9 rings (SSSR count). The van der Waals surface area contributed by atoms with Gasteiger partial charge in [0, 0.05) is 57.7 Å². The zero-order chi connectivity index (χ0) is 52.6. The Kier molecular flexibility index (Phi) is 17.1. The van der Waals surface area contributed by atoms with Gasteiger partial charge in [0.15, 0.2) is 0 Å². The first-order chi connectivity index (χ1) is 36.3. The summed E-state index contributed by atoms with van der Waals surface area (Å²) in [7, 11) is 0. The summed E-state index contributed by atoms with van der Waals surface area (Å²) in [5.41, 5.74) is 17.5. The van der Waals surface area contributed by atoms with Gasteiger partial charge in [0.05, 0.1) is 35.9 Å². The lowest BCUT2D eigenvalue weighted by Gasteiger charge is -2.35. The second-order valence-corrected chi connectivity index (χ2v) is 22.7. The highest BCUT2D eigenvalue weighted by Gasteiger charge is 2.46. The highest BCUT2D eigenvalue weighted by atomic mass is 32.1. The lowest BCUT2D eigenvalue weighted by atomic mass is 9.83. The SMILES string of the molecule is Cc1ccc(-c2ccc(-c3cn([C@H]4C[C@H]5C(=O)N[C@@H](Cc6csc7ccccc67)C(=O)N[C@H](C(N)=O)CCCCNC(=O)C[C@H](N)C(=O)N[C@@H](Cc6cscn6)C(=O)N[C@@H](C6CCCCC6)C(=O)N5C4)nn3)cc2)s1. The number of benzene rings is 2. The number of carbonyl (C=O) groups is 7. The number of hydrogen-bond acceptors (Lipinski definition) is 14. The third-order valence-corrected chi connectivity index (χ3v) is 17.1. The Morgan fingerprint density at radius 2 is 1.52 bits per heavy atom. The second-order valence-electron chi connectivity index (χ2n) is 19.7. The molecule has 3 aliphatic rings. The number of nitrogens with one attached hydrogen (secondary N) is 5. The quantitative estimate of drug-likeness (QED) is 0.107. The molecule has 2 aliphatic heterocycles. The van der Waals surface area contributed by atoms with Gasteiger partial charge < -0.3 is 43.0 Å². The molecule has 6 heterocycles. The Bertz CT molecular complexity index is 3000. The maximum Gasteiger partial charge on any atom is 0.246 e. The van der Waals surface area contributed by atoms with Gasteiger partial charge in [0.25, 0.3) is 0 Å². The highest BCUT2D eigenvalue weighted by molar-refractivity contribution is 7.17. The molecule has 22 heteroatoms. The van der Waals surface area contributed by atoms with E-state index in [2.05, 4.69) is 60.9 Å². The summed E-state index contributed by atoms with van der Waals surface area (Å²) in [6.45, 7) is 2.25. The number of aromatic nitrogens is 4. The summed E-state index contributed by atoms with van der Waals surface area (Å²) in [4.78, 5) is 108. The number of rotatable bonds is 9. The van der Waals surface area contributed by atoms with Crippen molar-refractivity contribution in [3.05, 3.63) is 99.3 Å². The fourth-order valence-corrected chi connectivity index (χ4v) is 12.7. The molecule has 0 spiro atoms. The van der Waals surface area contributed by atoms with Crippen LogP contribution in [0.1, 0.15) is 86.4 Å². The van der Waals surface area contributed by atoms with E-state index in [1.165, 1.54) is 32.5 Å². The van der Waals surface area contributed by atoms with Gasteiger partial charge in [-0.2, -0.15) is 0 Å². The molecule has 0 radical (unpaired) electrons. The van der Waals surface area contributed by atoms with Crippen LogP contribution in [0.3, 0.4) is 0 Å². The molecule has 3 fully saturated rings. The van der Waals surface area contributed by atoms with Crippen molar-refractivity contribution in [2.24, 2.45) is 17.4 Å². The number of hydrogen-bond donors (Lipinski definition) is 7. The van der Waals surface area contributed by atoms with E-state index in [4.69, 9.17) is 11.5 Å². The molecular weight excluding hydrogens is 1010 g/mol. The van der Waals surface area contributed by atoms with Crippen molar-refractivity contribution in [1.29, 1.82) is 0 Å². The van der Waals surface area contributed by atoms with Crippen LogP contribution >= 0.6 is 34.0 Å². The average Bonchev–Trinajstić information content (AvgIpc) is 4.29. The van der Waals surface area contributed by atoms with E-state index in [9.17, 15) is 24.0 Å². The van der Waals surface area contributed by atoms with Crippen LogP contribution in [-0.4, -0.2) is 116 Å². The molecule has 0 bridgehead atoms. The van der Waals surface area contributed by atoms with Crippen LogP contribution in [0.2, 0.25) is 0 Å². The molecule has 19 nitrogen and oxygen atoms in total. The van der Waals surface area contributed by atoms with Crippen LogP contribution in [0.4, 0.5) is 0 Å². The number of nitrogens with two attached hydrogens (primary N) is 2. The molecule has 1 aliphatic carbocycles. The van der Waals surface area contributed by atoms with Crippen LogP contribution in [0, 0.1) is 12.8 Å². The van der Waals surface area contributed by atoms with Crippen LogP contribution in [-0.2, 0) is 46.4 Å². The van der Waals surface area contributed by atoms with Crippen molar-refractivity contribution >= 4 is 85.4 Å². The molecule has 7 amide bonds. The predicted octanol–water partition coefficient (Wildman–Crippen LogP) is 4.30. The number of fused-ring (bicyclic) bond motifs is 2. The van der Waals surface area contributed by atoms with Crippen molar-refractivity contribution < 1.29 is 33.6 Å². The van der Waals surface area contributed by atoms with E-state index < -0.39 is 83.6 Å². The number of carbonyl (C=O) groups excluding carboxylic acids is 7. The van der Waals surface area contributed by atoms with Crippen molar-refractivity contribution in [2.45, 2.75) is 126 Å². The van der Waals surface area contributed by atoms with Crippen LogP contribution in [0.15, 0.2) is 83.1 Å². The summed E-state index contributed by atoms with van der Waals surface area (Å²) in [5.74, 6) is -4.79. The molecule has 75 heavy (non-hydrogen) atoms. The topological polar surface area (TPSA) is 279 Å². The number of primary amides is 1. The van der Waals surface area contributed by atoms with Crippen LogP contribution < -0.4 is 38.1 Å². The third kappa shape index (κ3) is 13.0. The molecule has 0 unspecified atom stereocenters. The lowest BCUT2D eigenvalue weighted by Crippen LogP contribution is -2.61. The van der Waals surface area contributed by atoms with E-state index >= 15 is 9.59 Å². The number of amides is 7. The van der Waals surface area contributed by atoms with Gasteiger partial charge in [0.1, 0.15) is 35.9 Å². The number of thiazole rings is 1. The fraction of sp³-hybridized carbons (Fsp3) is 0.434. The molecule has 6 aromatic rings. The molecule has 394 valence electrons. The largest absolute Gasteiger partial charge is 0.368 e. The van der Waals surface area contributed by atoms with E-state index in [0.717, 1.165) is 50.9 Å². The Hall–Kier alpha value is -6.88. The highest BCUT2D eigenvalue weighted by Crippen LogP contribution is 2.35. The van der Waals surface area contributed by atoms with Gasteiger partial charge in [-0.1, -0.05) is 66.9 Å². The van der Waals surface area contributed by atoms with E-state index in [1.807, 2.05) is 53.9 Å². The third-order valence-electron chi connectivity index (χ3n) is 14.4. The minimum atomic E-state index is -1.32. The first-order valence-electron chi connectivity index (χ1n) is 25.5. The molecule has 9 N–H and O–H groups in total. The van der Waals surface area contributed by atoms with Gasteiger partial charge in [-0.15, -0.1) is 39.1 Å². The second kappa shape index (κ2) is 24.2. The maximum absolute atomic E-state index is 15.6. The normalized spacial score (nSPS) is 24.5. The standard InChI is InChI=1S/C53H62N12O7S3/c1-30-14-19-44(75-30)32-17-15-31(16-18-32)42-26-65(63-62-42)36-23-43-52(71)60-40(21-34-27-74-45-13-6-5-11-37(34)45)50(69)58-39(48(55)67)12-7-8-20-56-46(66)24-38(54)49(68)59-41(22-35-28-73-29-57-35)51(70)61-47(53(72)64(43)25-36)33-9-3-2-4-10-33/h5-6,11,13-19,26-29,33,36,38-41,43,47H,2-4,7-10,12,20-25,54H2,1H3,(H2,55,67)(H,56,66)(H,58,69)(H,59,68)(H,60,71)(H,61,70)/t36-,38-,39-,40-,41-,43-,47-/m0/s1. The summed E-state index contributed by atoms with van der Waals surface area (Å²) in [6, 6.07) is 12.2. The maximum atomic E-state index is 15.6. The summed E-state index contributed by atoms with van der Waals surface area (Å²) in [5, 5.41) is 28.0. The van der Waals surface area contributed by atoms with Crippen molar-refractivity contribution in [3.63, 3.8) is 0 Å². The molecule has 2 saturated heterocycles. The number of thiophene rings is 2. The van der Waals surface area contributed by atoms with Gasteiger partial charge in [-0.3, -0.25) is 33.6 Å². The van der Waals surface area contributed by atoms with E-state index in [1.54, 1.807) is 33.1 Å².